The van der Waals surface area contributed by atoms with Crippen LogP contribution in [0.4, 0.5) is 0 Å². The molecule has 1 aliphatic carbocycles. The van der Waals surface area contributed by atoms with Gasteiger partial charge in [-0.1, -0.05) is 68.1 Å². The van der Waals surface area contributed by atoms with Crippen LogP contribution in [0.5, 0.6) is 0 Å². The maximum atomic E-state index is 11.0. The average Bonchev–Trinajstić information content (AvgIpc) is 2.64. The van der Waals surface area contributed by atoms with Gasteiger partial charge in [0.15, 0.2) is 0 Å². The van der Waals surface area contributed by atoms with Crippen molar-refractivity contribution in [2.45, 2.75) is 44.1 Å². The first kappa shape index (κ1) is 11.7. The van der Waals surface area contributed by atoms with Crippen LogP contribution in [0.1, 0.15) is 44.1 Å². The predicted molar refractivity (Wildman–Crippen MR) is 75.5 cm³/mol. The molecule has 0 amide bonds. The van der Waals surface area contributed by atoms with Gasteiger partial charge in [0, 0.05) is 0 Å². The molecule has 0 spiro atoms. The minimum absolute atomic E-state index is 0.614. The lowest BCUT2D eigenvalue weighted by Crippen LogP contribution is -2.24. The van der Waals surface area contributed by atoms with Crippen LogP contribution in [0, 0.1) is 0 Å². The minimum atomic E-state index is -0.614. The van der Waals surface area contributed by atoms with Crippen LogP contribution >= 0.6 is 0 Å². The summed E-state index contributed by atoms with van der Waals surface area (Å²) in [7, 11) is 0. The topological polar surface area (TPSA) is 20.2 Å². The Labute approximate surface area is 108 Å². The molecule has 2 aromatic rings. The van der Waals surface area contributed by atoms with E-state index in [0.717, 1.165) is 31.2 Å². The largest absolute Gasteiger partial charge is 0.385 e. The zero-order valence-corrected chi connectivity index (χ0v) is 10.7. The van der Waals surface area contributed by atoms with E-state index in [4.69, 9.17) is 0 Å². The Kier molecular flexibility index (Phi) is 3.09. The maximum absolute atomic E-state index is 11.0. The second-order valence-electron chi connectivity index (χ2n) is 5.47. The van der Waals surface area contributed by atoms with E-state index in [1.165, 1.54) is 23.6 Å². The van der Waals surface area contributed by atoms with Gasteiger partial charge in [-0.3, -0.25) is 0 Å². The van der Waals surface area contributed by atoms with Crippen molar-refractivity contribution in [3.8, 4) is 0 Å². The Morgan fingerprint density at radius 2 is 1.44 bits per heavy atom. The van der Waals surface area contributed by atoms with E-state index >= 15 is 0 Å². The molecule has 0 bridgehead atoms. The van der Waals surface area contributed by atoms with Gasteiger partial charge in [-0.2, -0.15) is 0 Å². The van der Waals surface area contributed by atoms with Crippen molar-refractivity contribution in [1.82, 2.24) is 0 Å². The number of hydrogen-bond donors (Lipinski definition) is 1. The Morgan fingerprint density at radius 3 is 2.22 bits per heavy atom. The van der Waals surface area contributed by atoms with E-state index < -0.39 is 5.60 Å². The summed E-state index contributed by atoms with van der Waals surface area (Å²) in [5.74, 6) is 0. The van der Waals surface area contributed by atoms with Gasteiger partial charge in [0.1, 0.15) is 0 Å². The van der Waals surface area contributed by atoms with Crippen LogP contribution < -0.4 is 0 Å². The van der Waals surface area contributed by atoms with Crippen LogP contribution in [-0.2, 0) is 5.60 Å². The number of rotatable bonds is 1. The summed E-state index contributed by atoms with van der Waals surface area (Å²) < 4.78 is 0. The summed E-state index contributed by atoms with van der Waals surface area (Å²) in [5.41, 5.74) is 0.514. The van der Waals surface area contributed by atoms with Crippen LogP contribution in [0.3, 0.4) is 0 Å². The molecule has 1 fully saturated rings. The molecule has 1 saturated carbocycles. The van der Waals surface area contributed by atoms with Crippen molar-refractivity contribution in [3.05, 3.63) is 48.0 Å². The highest BCUT2D eigenvalue weighted by Gasteiger charge is 2.31. The number of hydrogen-bond acceptors (Lipinski definition) is 1. The van der Waals surface area contributed by atoms with Crippen molar-refractivity contribution in [3.63, 3.8) is 0 Å². The first-order chi connectivity index (χ1) is 8.80. The molecule has 0 saturated heterocycles. The fourth-order valence-corrected chi connectivity index (χ4v) is 3.21. The fraction of sp³-hybridized carbons (Fsp3) is 0.412. The monoisotopic (exact) mass is 240 g/mol. The van der Waals surface area contributed by atoms with Gasteiger partial charge in [-0.05, 0) is 29.2 Å². The van der Waals surface area contributed by atoms with Crippen molar-refractivity contribution in [1.29, 1.82) is 0 Å². The lowest BCUT2D eigenvalue weighted by molar-refractivity contribution is 0.0222. The van der Waals surface area contributed by atoms with E-state index in [1.54, 1.807) is 0 Å². The van der Waals surface area contributed by atoms with E-state index in [1.807, 2.05) is 0 Å². The quantitative estimate of drug-likeness (QED) is 0.733. The lowest BCUT2D eigenvalue weighted by Gasteiger charge is -2.28. The standard InChI is InChI=1S/C17H20O/c18-17(12-5-1-2-6-13-17)16-11-7-9-14-8-3-4-10-15(14)16/h3-4,7-11,18H,1-2,5-6,12-13H2. The highest BCUT2D eigenvalue weighted by molar-refractivity contribution is 5.86. The van der Waals surface area contributed by atoms with E-state index in [0.29, 0.717) is 0 Å². The number of benzene rings is 2. The normalized spacial score (nSPS) is 19.6. The molecule has 1 nitrogen and oxygen atoms in total. The molecule has 0 aromatic heterocycles. The molecule has 0 unspecified atom stereocenters. The summed E-state index contributed by atoms with van der Waals surface area (Å²) >= 11 is 0. The first-order valence-corrected chi connectivity index (χ1v) is 7.00. The molecule has 94 valence electrons. The molecular weight excluding hydrogens is 220 g/mol. The van der Waals surface area contributed by atoms with Gasteiger partial charge in [-0.25, -0.2) is 0 Å². The predicted octanol–water partition coefficient (Wildman–Crippen LogP) is 4.38. The van der Waals surface area contributed by atoms with Crippen molar-refractivity contribution in [2.24, 2.45) is 0 Å². The molecular formula is C17H20O. The van der Waals surface area contributed by atoms with Gasteiger partial charge in [0.25, 0.3) is 0 Å². The molecule has 1 aliphatic rings. The third kappa shape index (κ3) is 2.04. The van der Waals surface area contributed by atoms with Crippen LogP contribution in [0.2, 0.25) is 0 Å². The Bertz CT molecular complexity index is 531. The fourth-order valence-electron chi connectivity index (χ4n) is 3.21. The smallest absolute Gasteiger partial charge is 0.0902 e. The number of fused-ring (bicyclic) bond motifs is 1. The molecule has 1 heteroatoms. The van der Waals surface area contributed by atoms with Gasteiger partial charge >= 0.3 is 0 Å². The van der Waals surface area contributed by atoms with Crippen molar-refractivity contribution >= 4 is 10.8 Å². The van der Waals surface area contributed by atoms with Gasteiger partial charge in [0.2, 0.25) is 0 Å². The molecule has 18 heavy (non-hydrogen) atoms. The molecule has 0 atom stereocenters. The molecule has 0 heterocycles. The lowest BCUT2D eigenvalue weighted by atomic mass is 9.84. The van der Waals surface area contributed by atoms with Crippen molar-refractivity contribution in [2.75, 3.05) is 0 Å². The minimum Gasteiger partial charge on any atom is -0.385 e. The molecule has 2 aromatic carbocycles. The molecule has 3 rings (SSSR count). The summed E-state index contributed by atoms with van der Waals surface area (Å²) in [6.45, 7) is 0. The van der Waals surface area contributed by atoms with E-state index in [9.17, 15) is 5.11 Å². The molecule has 1 N–H and O–H groups in total. The SMILES string of the molecule is OC1(c2cccc3ccccc23)CCCCCC1. The van der Waals surface area contributed by atoms with Crippen LogP contribution in [0.25, 0.3) is 10.8 Å². The average molecular weight is 240 g/mol. The second-order valence-corrected chi connectivity index (χ2v) is 5.47. The Morgan fingerprint density at radius 1 is 0.778 bits per heavy atom. The van der Waals surface area contributed by atoms with Gasteiger partial charge in [-0.15, -0.1) is 0 Å². The zero-order chi connectivity index (χ0) is 12.4. The highest BCUT2D eigenvalue weighted by Crippen LogP contribution is 2.38. The highest BCUT2D eigenvalue weighted by atomic mass is 16.3. The third-order valence-corrected chi connectivity index (χ3v) is 4.22. The zero-order valence-electron chi connectivity index (χ0n) is 10.7. The van der Waals surface area contributed by atoms with Crippen LogP contribution in [-0.4, -0.2) is 5.11 Å². The van der Waals surface area contributed by atoms with E-state index in [-0.39, 0.29) is 0 Å². The molecule has 0 radical (unpaired) electrons. The third-order valence-electron chi connectivity index (χ3n) is 4.22. The maximum Gasteiger partial charge on any atom is 0.0902 e. The van der Waals surface area contributed by atoms with Gasteiger partial charge < -0.3 is 5.11 Å². The Balaban J connectivity index is 2.12. The van der Waals surface area contributed by atoms with Gasteiger partial charge in [0.05, 0.1) is 5.60 Å². The van der Waals surface area contributed by atoms with E-state index in [2.05, 4.69) is 42.5 Å². The second kappa shape index (κ2) is 4.74. The molecule has 0 aliphatic heterocycles. The summed E-state index contributed by atoms with van der Waals surface area (Å²) in [6.07, 6.45) is 6.60. The van der Waals surface area contributed by atoms with Crippen LogP contribution in [0.15, 0.2) is 42.5 Å². The summed E-state index contributed by atoms with van der Waals surface area (Å²) in [5, 5.41) is 13.5. The Hall–Kier alpha value is -1.34. The first-order valence-electron chi connectivity index (χ1n) is 7.00. The summed E-state index contributed by atoms with van der Waals surface area (Å²) in [4.78, 5) is 0. The summed E-state index contributed by atoms with van der Waals surface area (Å²) in [6, 6.07) is 14.7. The number of aliphatic hydroxyl groups is 1. The van der Waals surface area contributed by atoms with Crippen molar-refractivity contribution < 1.29 is 5.11 Å².